The quantitative estimate of drug-likeness (QED) is 0.0146. The van der Waals surface area contributed by atoms with Gasteiger partial charge in [0.05, 0.1) is 26.4 Å². The van der Waals surface area contributed by atoms with Gasteiger partial charge in [-0.15, -0.1) is 0 Å². The molecule has 0 saturated carbocycles. The zero-order valence-electron chi connectivity index (χ0n) is 71.3. The smallest absolute Gasteiger partial charge is 0.463 e. The fraction of sp³-hybridized carbons (Fsp3) is 0.695. The predicted octanol–water partition coefficient (Wildman–Crippen LogP) is 27.3. The standard InChI is InChI=1S/C95H162O16P2/c1-4-7-10-13-16-19-22-25-28-31-33-35-37-39-41-43-44-46-48-49-51-53-55-58-60-63-66-69-72-75-78-81-93(98)105-84-90(96)85-107-112(101,102)108-86-91(97)87-109-113(103,104)110-89-92(111-95(100)83-80-77-74-71-68-65-62-57-30-27-24-21-18-15-12-9-6-3)88-106-94(99)82-79-76-73-70-67-64-61-59-56-54-52-50-47-45-42-40-38-36-34-32-29-26-23-20-17-14-11-8-5-2/h7,9-10,12,16-21,25-30,33-36,39-42,44,46,90-92,96-97H,4-6,8,11,13-15,22-24,31-32,37-38,43,45,47-89H2,1-3H3,(H,101,102)(H,103,104)/b10-7-,12-9-,19-16-,20-17-,21-18-,28-25-,29-26-,30-27-,35-33-,36-34-,41-39-,42-40-,46-44-. The fourth-order valence-electron chi connectivity index (χ4n) is 12.0. The minimum Gasteiger partial charge on any atom is -0.463 e. The Labute approximate surface area is 689 Å². The first kappa shape index (κ1) is 108. The van der Waals surface area contributed by atoms with Crippen LogP contribution in [0.15, 0.2) is 158 Å². The first-order valence-electron chi connectivity index (χ1n) is 44.8. The highest BCUT2D eigenvalue weighted by atomic mass is 31.2. The Morgan fingerprint density at radius 2 is 0.469 bits per heavy atom. The first-order valence-corrected chi connectivity index (χ1v) is 47.8. The van der Waals surface area contributed by atoms with E-state index in [9.17, 15) is 43.5 Å². The van der Waals surface area contributed by atoms with E-state index in [4.69, 9.17) is 32.3 Å². The van der Waals surface area contributed by atoms with Crippen LogP contribution in [0.1, 0.15) is 367 Å². The average Bonchev–Trinajstić information content (AvgIpc) is 0.901. The summed E-state index contributed by atoms with van der Waals surface area (Å²) >= 11 is 0. The van der Waals surface area contributed by atoms with E-state index in [1.165, 1.54) is 128 Å². The minimum absolute atomic E-state index is 0.0907. The summed E-state index contributed by atoms with van der Waals surface area (Å²) in [5, 5.41) is 20.7. The van der Waals surface area contributed by atoms with E-state index in [0.717, 1.165) is 180 Å². The minimum atomic E-state index is -4.94. The third kappa shape index (κ3) is 87.8. The Balaban J connectivity index is 4.54. The molecule has 5 unspecified atom stereocenters. The summed E-state index contributed by atoms with van der Waals surface area (Å²) in [5.74, 6) is -1.58. The van der Waals surface area contributed by atoms with Crippen LogP contribution in [0.5, 0.6) is 0 Å². The van der Waals surface area contributed by atoms with Gasteiger partial charge in [-0.3, -0.25) is 32.5 Å². The van der Waals surface area contributed by atoms with E-state index >= 15 is 0 Å². The van der Waals surface area contributed by atoms with Gasteiger partial charge >= 0.3 is 33.6 Å². The number of hydrogen-bond donors (Lipinski definition) is 4. The maximum atomic E-state index is 13.0. The van der Waals surface area contributed by atoms with Gasteiger partial charge in [0, 0.05) is 19.3 Å². The fourth-order valence-corrected chi connectivity index (χ4v) is 13.6. The summed E-state index contributed by atoms with van der Waals surface area (Å²) in [5.41, 5.74) is 0. The first-order chi connectivity index (χ1) is 55.2. The van der Waals surface area contributed by atoms with Gasteiger partial charge in [0.25, 0.3) is 0 Å². The molecule has 0 radical (unpaired) electrons. The second-order valence-corrected chi connectivity index (χ2v) is 32.5. The summed E-state index contributed by atoms with van der Waals surface area (Å²) < 4.78 is 61.4. The second kappa shape index (κ2) is 86.5. The maximum absolute atomic E-state index is 13.0. The topological polar surface area (TPSA) is 231 Å². The Bertz CT molecular complexity index is 2680. The number of hydrogen-bond acceptors (Lipinski definition) is 14. The van der Waals surface area contributed by atoms with Gasteiger partial charge in [-0.2, -0.15) is 0 Å². The maximum Gasteiger partial charge on any atom is 0.472 e. The third-order valence-electron chi connectivity index (χ3n) is 18.7. The van der Waals surface area contributed by atoms with Crippen LogP contribution in [0.25, 0.3) is 0 Å². The van der Waals surface area contributed by atoms with Crippen molar-refractivity contribution >= 4 is 33.6 Å². The van der Waals surface area contributed by atoms with Gasteiger partial charge in [-0.1, -0.05) is 359 Å². The molecular weight excluding hydrogens is 1460 g/mol. The highest BCUT2D eigenvalue weighted by Gasteiger charge is 2.29. The normalized spacial score (nSPS) is 14.6. The number of unbranched alkanes of at least 4 members (excludes halogenated alkanes) is 35. The summed E-state index contributed by atoms with van der Waals surface area (Å²) in [6, 6.07) is 0. The Hall–Kier alpha value is -4.83. The Morgan fingerprint density at radius 1 is 0.257 bits per heavy atom. The van der Waals surface area contributed by atoms with Crippen LogP contribution >= 0.6 is 15.6 Å². The summed E-state index contributed by atoms with van der Waals surface area (Å²) in [6.45, 7) is 2.45. The number of esters is 3. The van der Waals surface area contributed by atoms with E-state index in [1.54, 1.807) is 0 Å². The van der Waals surface area contributed by atoms with Crippen molar-refractivity contribution in [2.24, 2.45) is 0 Å². The molecule has 113 heavy (non-hydrogen) atoms. The molecular formula is C95H162O16P2. The monoisotopic (exact) mass is 1620 g/mol. The van der Waals surface area contributed by atoms with Gasteiger partial charge in [-0.05, 0) is 148 Å². The van der Waals surface area contributed by atoms with E-state index < -0.39 is 91.5 Å². The molecule has 0 aliphatic rings. The van der Waals surface area contributed by atoms with Crippen molar-refractivity contribution in [3.8, 4) is 0 Å². The van der Waals surface area contributed by atoms with Crippen molar-refractivity contribution < 1.29 is 75.8 Å². The second-order valence-electron chi connectivity index (χ2n) is 29.6. The van der Waals surface area contributed by atoms with Crippen LogP contribution in [0.3, 0.4) is 0 Å². The van der Waals surface area contributed by atoms with Gasteiger partial charge in [0.1, 0.15) is 25.4 Å². The van der Waals surface area contributed by atoms with Crippen LogP contribution in [-0.2, 0) is 55.8 Å². The Kier molecular flexibility index (Phi) is 82.8. The van der Waals surface area contributed by atoms with Crippen LogP contribution in [0.2, 0.25) is 0 Å². The van der Waals surface area contributed by atoms with Crippen LogP contribution in [0.4, 0.5) is 0 Å². The van der Waals surface area contributed by atoms with Crippen LogP contribution < -0.4 is 0 Å². The number of allylic oxidation sites excluding steroid dienone is 26. The van der Waals surface area contributed by atoms with Crippen molar-refractivity contribution in [3.05, 3.63) is 158 Å². The van der Waals surface area contributed by atoms with Gasteiger partial charge in [-0.25, -0.2) is 9.13 Å². The van der Waals surface area contributed by atoms with E-state index in [1.807, 2.05) is 0 Å². The molecule has 0 aliphatic carbocycles. The molecule has 5 atom stereocenters. The number of rotatable bonds is 84. The molecule has 0 aromatic carbocycles. The van der Waals surface area contributed by atoms with Crippen LogP contribution in [0, 0.1) is 0 Å². The molecule has 0 saturated heterocycles. The van der Waals surface area contributed by atoms with Crippen molar-refractivity contribution in [2.75, 3.05) is 39.6 Å². The zero-order chi connectivity index (χ0) is 82.2. The molecule has 0 rings (SSSR count). The molecule has 0 spiro atoms. The third-order valence-corrected chi connectivity index (χ3v) is 20.6. The molecule has 0 aromatic heterocycles. The molecule has 0 amide bonds. The number of ether oxygens (including phenoxy) is 3. The molecule has 0 bridgehead atoms. The summed E-state index contributed by atoms with van der Waals surface area (Å²) in [6.07, 6.45) is 110. The number of carbonyl (C=O) groups is 3. The summed E-state index contributed by atoms with van der Waals surface area (Å²) in [7, 11) is -9.81. The molecule has 0 heterocycles. The number of phosphoric acid groups is 2. The lowest BCUT2D eigenvalue weighted by molar-refractivity contribution is -0.161. The molecule has 0 aliphatic heterocycles. The van der Waals surface area contributed by atoms with Crippen molar-refractivity contribution in [1.82, 2.24) is 0 Å². The number of carbonyl (C=O) groups excluding carboxylic acids is 3. The lowest BCUT2D eigenvalue weighted by Crippen LogP contribution is -2.30. The molecule has 648 valence electrons. The lowest BCUT2D eigenvalue weighted by Gasteiger charge is -2.21. The number of aliphatic hydroxyl groups excluding tert-OH is 2. The van der Waals surface area contributed by atoms with E-state index in [0.29, 0.717) is 19.3 Å². The largest absolute Gasteiger partial charge is 0.472 e. The van der Waals surface area contributed by atoms with E-state index in [-0.39, 0.29) is 19.3 Å². The van der Waals surface area contributed by atoms with Crippen molar-refractivity contribution in [2.45, 2.75) is 386 Å². The molecule has 0 aromatic rings. The van der Waals surface area contributed by atoms with E-state index in [2.05, 4.69) is 179 Å². The van der Waals surface area contributed by atoms with Gasteiger partial charge in [0.2, 0.25) is 0 Å². The number of aliphatic hydroxyl groups is 2. The molecule has 16 nitrogen and oxygen atoms in total. The van der Waals surface area contributed by atoms with Crippen molar-refractivity contribution in [1.29, 1.82) is 0 Å². The summed E-state index contributed by atoms with van der Waals surface area (Å²) in [4.78, 5) is 58.9. The predicted molar refractivity (Wildman–Crippen MR) is 472 cm³/mol. The van der Waals surface area contributed by atoms with Crippen molar-refractivity contribution in [3.63, 3.8) is 0 Å². The van der Waals surface area contributed by atoms with Gasteiger partial charge in [0.15, 0.2) is 6.10 Å². The lowest BCUT2D eigenvalue weighted by atomic mass is 10.0. The highest BCUT2D eigenvalue weighted by Crippen LogP contribution is 2.45. The number of phosphoric ester groups is 2. The molecule has 4 N–H and O–H groups in total. The highest BCUT2D eigenvalue weighted by molar-refractivity contribution is 7.47. The Morgan fingerprint density at radius 3 is 0.743 bits per heavy atom. The van der Waals surface area contributed by atoms with Gasteiger partial charge < -0.3 is 34.2 Å². The zero-order valence-corrected chi connectivity index (χ0v) is 73.0. The van der Waals surface area contributed by atoms with Crippen LogP contribution in [-0.4, -0.2) is 95.9 Å². The SMILES string of the molecule is CC/C=C\C/C=C\C/C=C\C/C=C\C/C=C\C/C=C\CCCCCCCCCCCCCCC(=O)OCC(O)COP(=O)(O)OCC(O)COP(=O)(O)OCC(COC(=O)CCCCCCCCCCCCCCC/C=C\C/C=C\C/C=C\C/C=C\CCCCC)OC(=O)CCCCCCCCC/C=C\C/C=C\C/C=C\CC. The molecule has 0 fully saturated rings. The molecule has 18 heteroatoms. The average molecular weight is 1620 g/mol.